The molecule has 24 heavy (non-hydrogen) atoms. The molecule has 0 unspecified atom stereocenters. The average molecular weight is 323 g/mol. The van der Waals surface area contributed by atoms with Crippen LogP contribution in [-0.2, 0) is 24.3 Å². The molecule has 0 fully saturated rings. The van der Waals surface area contributed by atoms with Crippen molar-refractivity contribution in [2.45, 2.75) is 25.6 Å². The summed E-state index contributed by atoms with van der Waals surface area (Å²) in [5.74, 6) is 0.881. The number of rotatable bonds is 4. The quantitative estimate of drug-likeness (QED) is 0.796. The zero-order valence-corrected chi connectivity index (χ0v) is 13.0. The lowest BCUT2D eigenvalue weighted by Crippen LogP contribution is -2.48. The average Bonchev–Trinajstić information content (AvgIpc) is 3.25. The van der Waals surface area contributed by atoms with Gasteiger partial charge in [0.25, 0.3) is 0 Å². The smallest absolute Gasteiger partial charge is 0.235 e. The number of fused-ring (bicyclic) bond motifs is 1. The fourth-order valence-corrected chi connectivity index (χ4v) is 3.15. The standard InChI is InChI=1S/C18H17N3O3/c19-18(22)15-8-12-4-1-2-5-13(12)10-21(15)11-14-9-17(24-20-14)16-6-3-7-23-16/h1-7,9,15H,8,10-11H2,(H2,19,22)/t15-/m0/s1. The monoisotopic (exact) mass is 323 g/mol. The molecule has 0 saturated carbocycles. The summed E-state index contributed by atoms with van der Waals surface area (Å²) in [6, 6.07) is 13.2. The number of carbonyl (C=O) groups excluding carboxylic acids is 1. The number of primary amides is 1. The first-order valence-electron chi connectivity index (χ1n) is 7.80. The van der Waals surface area contributed by atoms with E-state index in [2.05, 4.69) is 11.2 Å². The summed E-state index contributed by atoms with van der Waals surface area (Å²) in [5.41, 5.74) is 8.74. The number of furan rings is 1. The van der Waals surface area contributed by atoms with Crippen LogP contribution in [-0.4, -0.2) is 22.0 Å². The van der Waals surface area contributed by atoms with Gasteiger partial charge in [-0.15, -0.1) is 0 Å². The van der Waals surface area contributed by atoms with Crippen molar-refractivity contribution >= 4 is 5.91 Å². The summed E-state index contributed by atoms with van der Waals surface area (Å²) >= 11 is 0. The van der Waals surface area contributed by atoms with Gasteiger partial charge in [0.15, 0.2) is 5.76 Å². The summed E-state index contributed by atoms with van der Waals surface area (Å²) in [5, 5.41) is 4.09. The number of amides is 1. The topological polar surface area (TPSA) is 85.5 Å². The van der Waals surface area contributed by atoms with Crippen molar-refractivity contribution in [1.82, 2.24) is 10.1 Å². The molecule has 3 heterocycles. The summed E-state index contributed by atoms with van der Waals surface area (Å²) in [6.45, 7) is 1.15. The van der Waals surface area contributed by atoms with E-state index in [1.165, 1.54) is 11.1 Å². The summed E-state index contributed by atoms with van der Waals surface area (Å²) in [4.78, 5) is 13.9. The van der Waals surface area contributed by atoms with Crippen molar-refractivity contribution in [3.63, 3.8) is 0 Å². The van der Waals surface area contributed by atoms with E-state index < -0.39 is 0 Å². The van der Waals surface area contributed by atoms with Crippen LogP contribution in [0.2, 0.25) is 0 Å². The van der Waals surface area contributed by atoms with Crippen LogP contribution in [0.3, 0.4) is 0 Å². The highest BCUT2D eigenvalue weighted by Gasteiger charge is 2.30. The van der Waals surface area contributed by atoms with Gasteiger partial charge in [0.05, 0.1) is 18.0 Å². The molecule has 6 nitrogen and oxygen atoms in total. The van der Waals surface area contributed by atoms with E-state index in [1.807, 2.05) is 35.2 Å². The normalized spacial score (nSPS) is 17.6. The third-order valence-electron chi connectivity index (χ3n) is 4.36. The largest absolute Gasteiger partial charge is 0.461 e. The van der Waals surface area contributed by atoms with Crippen molar-refractivity contribution in [3.8, 4) is 11.5 Å². The molecule has 2 N–H and O–H groups in total. The molecule has 1 atom stereocenters. The molecule has 2 aromatic heterocycles. The lowest BCUT2D eigenvalue weighted by Gasteiger charge is -2.34. The predicted octanol–water partition coefficient (Wildman–Crippen LogP) is 2.35. The highest BCUT2D eigenvalue weighted by atomic mass is 16.5. The SMILES string of the molecule is NC(=O)[C@@H]1Cc2ccccc2CN1Cc1cc(-c2ccco2)on1. The minimum absolute atomic E-state index is 0.320. The Hall–Kier alpha value is -2.86. The fourth-order valence-electron chi connectivity index (χ4n) is 3.15. The summed E-state index contributed by atoms with van der Waals surface area (Å²) in [6.07, 6.45) is 2.20. The predicted molar refractivity (Wildman–Crippen MR) is 86.6 cm³/mol. The molecule has 0 spiro atoms. The molecule has 1 aromatic carbocycles. The molecular weight excluding hydrogens is 306 g/mol. The zero-order valence-electron chi connectivity index (χ0n) is 13.0. The molecule has 0 bridgehead atoms. The highest BCUT2D eigenvalue weighted by Crippen LogP contribution is 2.26. The third kappa shape index (κ3) is 2.72. The Morgan fingerprint density at radius 1 is 1.21 bits per heavy atom. The van der Waals surface area contributed by atoms with Gasteiger partial charge in [-0.3, -0.25) is 9.69 Å². The Bertz CT molecular complexity index is 854. The number of benzene rings is 1. The van der Waals surface area contributed by atoms with Crippen LogP contribution in [0.1, 0.15) is 16.8 Å². The molecule has 4 rings (SSSR count). The molecular formula is C18H17N3O3. The minimum atomic E-state index is -0.344. The Labute approximate surface area is 138 Å². The van der Waals surface area contributed by atoms with Crippen molar-refractivity contribution < 1.29 is 13.7 Å². The van der Waals surface area contributed by atoms with E-state index in [1.54, 1.807) is 12.3 Å². The van der Waals surface area contributed by atoms with E-state index in [0.717, 1.165) is 5.69 Å². The number of hydrogen-bond acceptors (Lipinski definition) is 5. The summed E-state index contributed by atoms with van der Waals surface area (Å²) < 4.78 is 10.6. The molecule has 3 aromatic rings. The van der Waals surface area contributed by atoms with Crippen LogP contribution in [0, 0.1) is 0 Å². The first kappa shape index (κ1) is 14.7. The Balaban J connectivity index is 1.57. The van der Waals surface area contributed by atoms with Gasteiger partial charge in [-0.1, -0.05) is 29.4 Å². The molecule has 0 saturated heterocycles. The van der Waals surface area contributed by atoms with E-state index in [4.69, 9.17) is 14.7 Å². The number of carbonyl (C=O) groups is 1. The maximum absolute atomic E-state index is 11.9. The molecule has 1 amide bonds. The zero-order chi connectivity index (χ0) is 16.5. The van der Waals surface area contributed by atoms with E-state index in [-0.39, 0.29) is 11.9 Å². The number of hydrogen-bond donors (Lipinski definition) is 1. The first-order valence-corrected chi connectivity index (χ1v) is 7.80. The second-order valence-electron chi connectivity index (χ2n) is 5.96. The van der Waals surface area contributed by atoms with Crippen molar-refractivity contribution in [1.29, 1.82) is 0 Å². The molecule has 6 heteroatoms. The molecule has 1 aliphatic heterocycles. The van der Waals surface area contributed by atoms with Crippen molar-refractivity contribution in [2.75, 3.05) is 0 Å². The third-order valence-corrected chi connectivity index (χ3v) is 4.36. The van der Waals surface area contributed by atoms with Crippen LogP contribution in [0.25, 0.3) is 11.5 Å². The minimum Gasteiger partial charge on any atom is -0.461 e. The van der Waals surface area contributed by atoms with Crippen LogP contribution >= 0.6 is 0 Å². The highest BCUT2D eigenvalue weighted by molar-refractivity contribution is 5.80. The number of nitrogens with zero attached hydrogens (tertiary/aromatic N) is 2. The van der Waals surface area contributed by atoms with Gasteiger partial charge in [-0.2, -0.15) is 0 Å². The van der Waals surface area contributed by atoms with E-state index >= 15 is 0 Å². The Kier molecular flexibility index (Phi) is 3.66. The second-order valence-corrected chi connectivity index (χ2v) is 5.96. The van der Waals surface area contributed by atoms with Gasteiger partial charge in [0.2, 0.25) is 11.7 Å². The molecule has 122 valence electrons. The fraction of sp³-hybridized carbons (Fsp3) is 0.222. The number of aromatic nitrogens is 1. The van der Waals surface area contributed by atoms with Gasteiger partial charge in [0, 0.05) is 19.2 Å². The van der Waals surface area contributed by atoms with Crippen LogP contribution in [0.15, 0.2) is 57.7 Å². The first-order chi connectivity index (χ1) is 11.7. The van der Waals surface area contributed by atoms with Gasteiger partial charge >= 0.3 is 0 Å². The van der Waals surface area contributed by atoms with Gasteiger partial charge in [-0.05, 0) is 29.7 Å². The van der Waals surface area contributed by atoms with Crippen molar-refractivity contribution in [3.05, 3.63) is 65.5 Å². The number of nitrogens with two attached hydrogens (primary N) is 1. The Morgan fingerprint density at radius 3 is 2.79 bits per heavy atom. The van der Waals surface area contributed by atoms with Gasteiger partial charge in [-0.25, -0.2) is 0 Å². The molecule has 0 aliphatic carbocycles. The van der Waals surface area contributed by atoms with Gasteiger partial charge in [0.1, 0.15) is 0 Å². The van der Waals surface area contributed by atoms with E-state index in [9.17, 15) is 4.79 Å². The molecule has 1 aliphatic rings. The van der Waals surface area contributed by atoms with Gasteiger partial charge < -0.3 is 14.7 Å². The lowest BCUT2D eigenvalue weighted by molar-refractivity contribution is -0.124. The van der Waals surface area contributed by atoms with Crippen molar-refractivity contribution in [2.24, 2.45) is 5.73 Å². The molecule has 0 radical (unpaired) electrons. The van der Waals surface area contributed by atoms with Crippen LogP contribution in [0.5, 0.6) is 0 Å². The van der Waals surface area contributed by atoms with Crippen LogP contribution in [0.4, 0.5) is 0 Å². The second kappa shape index (κ2) is 5.98. The lowest BCUT2D eigenvalue weighted by atomic mass is 9.93. The van der Waals surface area contributed by atoms with Crippen LogP contribution < -0.4 is 5.73 Å². The Morgan fingerprint density at radius 2 is 2.04 bits per heavy atom. The summed E-state index contributed by atoms with van der Waals surface area (Å²) in [7, 11) is 0. The maximum Gasteiger partial charge on any atom is 0.235 e. The van der Waals surface area contributed by atoms with E-state index in [0.29, 0.717) is 31.0 Å². The maximum atomic E-state index is 11.9.